The van der Waals surface area contributed by atoms with E-state index in [4.69, 9.17) is 20.2 Å². The Balaban J connectivity index is 1.46. The zero-order valence-corrected chi connectivity index (χ0v) is 24.0. The maximum absolute atomic E-state index is 13.3. The van der Waals surface area contributed by atoms with E-state index in [0.29, 0.717) is 50.3 Å². The van der Waals surface area contributed by atoms with Gasteiger partial charge in [-0.05, 0) is 42.0 Å². The van der Waals surface area contributed by atoms with Crippen LogP contribution in [-0.2, 0) is 19.9 Å². The normalized spacial score (nSPS) is 21.9. The summed E-state index contributed by atoms with van der Waals surface area (Å²) in [5.74, 6) is 0.481. The van der Waals surface area contributed by atoms with Crippen molar-refractivity contribution < 1.29 is 19.1 Å². The molecule has 3 N–H and O–H groups in total. The number of nitrogens with zero attached hydrogens (tertiary/aromatic N) is 3. The van der Waals surface area contributed by atoms with Gasteiger partial charge in [0.1, 0.15) is 5.78 Å². The molecule has 9 nitrogen and oxygen atoms in total. The van der Waals surface area contributed by atoms with E-state index in [0.717, 1.165) is 28.0 Å². The molecule has 1 aliphatic heterocycles. The van der Waals surface area contributed by atoms with E-state index in [2.05, 4.69) is 31.1 Å². The number of benzene rings is 1. The van der Waals surface area contributed by atoms with Gasteiger partial charge in [-0.2, -0.15) is 0 Å². The second-order valence-electron chi connectivity index (χ2n) is 12.2. The third-order valence-corrected chi connectivity index (χ3v) is 8.10. The molecule has 2 aromatic heterocycles. The lowest BCUT2D eigenvalue weighted by Gasteiger charge is -2.39. The average molecular weight is 546 g/mol. The molecule has 1 saturated heterocycles. The van der Waals surface area contributed by atoms with Crippen LogP contribution < -0.4 is 15.8 Å². The highest BCUT2D eigenvalue weighted by Crippen LogP contribution is 2.41. The average Bonchev–Trinajstić information content (AvgIpc) is 3.56. The van der Waals surface area contributed by atoms with Crippen LogP contribution in [0.1, 0.15) is 63.6 Å². The number of hydrogen-bond acceptors (Lipinski definition) is 8. The van der Waals surface area contributed by atoms with Gasteiger partial charge in [-0.15, -0.1) is 0 Å². The molecule has 3 atom stereocenters. The lowest BCUT2D eigenvalue weighted by Crippen LogP contribution is -2.41. The summed E-state index contributed by atoms with van der Waals surface area (Å²) >= 11 is 0. The molecule has 3 aromatic rings. The Kier molecular flexibility index (Phi) is 7.54. The minimum Gasteiger partial charge on any atom is -0.481 e. The van der Waals surface area contributed by atoms with E-state index in [9.17, 15) is 9.59 Å². The summed E-state index contributed by atoms with van der Waals surface area (Å²) in [4.78, 5) is 36.3. The Hall–Kier alpha value is -3.56. The number of anilines is 2. The van der Waals surface area contributed by atoms with E-state index < -0.39 is 5.54 Å². The number of amides is 1. The molecule has 212 valence electrons. The summed E-state index contributed by atoms with van der Waals surface area (Å²) in [5, 5.41) is 3.51. The van der Waals surface area contributed by atoms with Crippen molar-refractivity contribution in [1.29, 1.82) is 0 Å². The first-order chi connectivity index (χ1) is 19.0. The van der Waals surface area contributed by atoms with Crippen molar-refractivity contribution in [3.63, 3.8) is 0 Å². The van der Waals surface area contributed by atoms with E-state index in [1.165, 1.54) is 0 Å². The molecule has 40 heavy (non-hydrogen) atoms. The summed E-state index contributed by atoms with van der Waals surface area (Å²) in [7, 11) is 3.44. The predicted molar refractivity (Wildman–Crippen MR) is 154 cm³/mol. The SMILES string of the molecule is COc1ccc2ncc(Nc3ccc([C@H](N(C)C(=O)C4CCC(=O)C4)C(C)(C)C)cc3)c([C@@]3(N)CCOC3)c2n1. The number of hydrogen-bond donors (Lipinski definition) is 2. The van der Waals surface area contributed by atoms with Crippen LogP contribution in [0.25, 0.3) is 11.0 Å². The summed E-state index contributed by atoms with van der Waals surface area (Å²) in [5.41, 5.74) is 10.9. The van der Waals surface area contributed by atoms with Crippen molar-refractivity contribution in [2.24, 2.45) is 17.1 Å². The molecule has 2 fully saturated rings. The van der Waals surface area contributed by atoms with Crippen LogP contribution >= 0.6 is 0 Å². The number of aromatic nitrogens is 2. The first-order valence-electron chi connectivity index (χ1n) is 13.9. The van der Waals surface area contributed by atoms with Crippen molar-refractivity contribution >= 4 is 34.1 Å². The van der Waals surface area contributed by atoms with Crippen molar-refractivity contribution in [3.8, 4) is 5.88 Å². The number of nitrogens with one attached hydrogen (secondary N) is 1. The lowest BCUT2D eigenvalue weighted by molar-refractivity contribution is -0.139. The highest BCUT2D eigenvalue weighted by atomic mass is 16.5. The highest BCUT2D eigenvalue weighted by molar-refractivity contribution is 5.90. The van der Waals surface area contributed by atoms with Gasteiger partial charge in [-0.3, -0.25) is 14.6 Å². The Morgan fingerprint density at radius 3 is 2.58 bits per heavy atom. The van der Waals surface area contributed by atoms with Gasteiger partial charge in [0, 0.05) is 49.7 Å². The standard InChI is InChI=1S/C31H39N5O4/c1-30(2,3)28(36(4)29(38)20-8-11-22(37)16-20)19-6-9-21(10-7-19)34-24-17-33-23-12-13-25(39-5)35-27(23)26(24)31(32)14-15-40-18-31/h6-7,9-10,12-13,17,20,28,34H,8,11,14-16,18,32H2,1-5H3/t20?,28-,31+/m0/s1. The Morgan fingerprint density at radius 1 is 1.23 bits per heavy atom. The van der Waals surface area contributed by atoms with Crippen LogP contribution in [0, 0.1) is 11.3 Å². The molecule has 2 aliphatic rings. The van der Waals surface area contributed by atoms with Gasteiger partial charge in [0.15, 0.2) is 0 Å². The van der Waals surface area contributed by atoms with Gasteiger partial charge in [0.05, 0.1) is 48.2 Å². The second-order valence-corrected chi connectivity index (χ2v) is 12.2. The largest absolute Gasteiger partial charge is 0.481 e. The number of carbonyl (C=O) groups excluding carboxylic acids is 2. The number of methoxy groups -OCH3 is 1. The molecule has 0 spiro atoms. The zero-order chi connectivity index (χ0) is 28.7. The summed E-state index contributed by atoms with van der Waals surface area (Å²) in [6.45, 7) is 7.36. The van der Waals surface area contributed by atoms with Crippen LogP contribution in [0.2, 0.25) is 0 Å². The molecule has 3 heterocycles. The van der Waals surface area contributed by atoms with E-state index in [1.54, 1.807) is 19.4 Å². The van der Waals surface area contributed by atoms with Gasteiger partial charge in [0.25, 0.3) is 0 Å². The van der Waals surface area contributed by atoms with Crippen LogP contribution in [0.4, 0.5) is 11.4 Å². The molecule has 1 saturated carbocycles. The molecular weight excluding hydrogens is 506 g/mol. The third kappa shape index (κ3) is 5.40. The first-order valence-corrected chi connectivity index (χ1v) is 13.9. The van der Waals surface area contributed by atoms with Crippen LogP contribution in [0.5, 0.6) is 5.88 Å². The monoisotopic (exact) mass is 545 g/mol. The number of rotatable bonds is 7. The molecule has 9 heteroatoms. The predicted octanol–water partition coefficient (Wildman–Crippen LogP) is 4.87. The Bertz CT molecular complexity index is 1410. The van der Waals surface area contributed by atoms with Crippen LogP contribution in [0.3, 0.4) is 0 Å². The summed E-state index contributed by atoms with van der Waals surface area (Å²) in [6, 6.07) is 11.6. The molecule has 1 amide bonds. The molecular formula is C31H39N5O4. The first kappa shape index (κ1) is 28.0. The number of ketones is 1. The van der Waals surface area contributed by atoms with E-state index in [1.807, 2.05) is 42.3 Å². The van der Waals surface area contributed by atoms with E-state index in [-0.39, 0.29) is 29.1 Å². The number of Topliss-reactive ketones (excluding diaryl/α,β-unsaturated/α-hetero) is 1. The van der Waals surface area contributed by atoms with Gasteiger partial charge in [-0.1, -0.05) is 32.9 Å². The number of pyridine rings is 2. The van der Waals surface area contributed by atoms with Gasteiger partial charge < -0.3 is 25.4 Å². The lowest BCUT2D eigenvalue weighted by atomic mass is 9.81. The number of ether oxygens (including phenoxy) is 2. The fourth-order valence-corrected chi connectivity index (χ4v) is 6.19. The number of carbonyl (C=O) groups is 2. The number of fused-ring (bicyclic) bond motifs is 1. The van der Waals surface area contributed by atoms with Crippen molar-refractivity contribution in [2.45, 2.75) is 58.0 Å². The van der Waals surface area contributed by atoms with E-state index >= 15 is 0 Å². The van der Waals surface area contributed by atoms with Gasteiger partial charge in [0.2, 0.25) is 11.8 Å². The van der Waals surface area contributed by atoms with Crippen LogP contribution in [-0.4, -0.2) is 53.9 Å². The Morgan fingerprint density at radius 2 is 1.98 bits per heavy atom. The minimum absolute atomic E-state index is 0.0369. The Labute approximate surface area is 235 Å². The smallest absolute Gasteiger partial charge is 0.226 e. The quantitative estimate of drug-likeness (QED) is 0.432. The van der Waals surface area contributed by atoms with Crippen molar-refractivity contribution in [2.75, 3.05) is 32.7 Å². The highest BCUT2D eigenvalue weighted by Gasteiger charge is 2.39. The molecule has 1 aromatic carbocycles. The van der Waals surface area contributed by atoms with Gasteiger partial charge >= 0.3 is 0 Å². The van der Waals surface area contributed by atoms with Crippen molar-refractivity contribution in [3.05, 3.63) is 53.7 Å². The summed E-state index contributed by atoms with van der Waals surface area (Å²) < 4.78 is 11.1. The molecule has 5 rings (SSSR count). The minimum atomic E-state index is -0.717. The zero-order valence-electron chi connectivity index (χ0n) is 24.0. The fraction of sp³-hybridized carbons (Fsp3) is 0.484. The summed E-state index contributed by atoms with van der Waals surface area (Å²) in [6.07, 6.45) is 3.94. The van der Waals surface area contributed by atoms with Crippen molar-refractivity contribution in [1.82, 2.24) is 14.9 Å². The molecule has 1 unspecified atom stereocenters. The second kappa shape index (κ2) is 10.8. The topological polar surface area (TPSA) is 120 Å². The molecule has 1 aliphatic carbocycles. The molecule has 0 bridgehead atoms. The fourth-order valence-electron chi connectivity index (χ4n) is 6.19. The van der Waals surface area contributed by atoms with Gasteiger partial charge in [-0.25, -0.2) is 4.98 Å². The number of nitrogens with two attached hydrogens (primary N) is 1. The molecule has 0 radical (unpaired) electrons. The third-order valence-electron chi connectivity index (χ3n) is 8.10. The maximum Gasteiger partial charge on any atom is 0.226 e. The van der Waals surface area contributed by atoms with Crippen LogP contribution in [0.15, 0.2) is 42.6 Å². The maximum atomic E-state index is 13.3.